The van der Waals surface area contributed by atoms with E-state index < -0.39 is 5.60 Å². The summed E-state index contributed by atoms with van der Waals surface area (Å²) in [4.78, 5) is 14.2. The number of carbonyl (C=O) groups excluding carboxylic acids is 1. The van der Waals surface area contributed by atoms with E-state index in [2.05, 4.69) is 5.16 Å². The van der Waals surface area contributed by atoms with Crippen molar-refractivity contribution in [2.75, 3.05) is 20.2 Å². The Bertz CT molecular complexity index is 356. The number of carbonyl (C=O) groups is 1. The van der Waals surface area contributed by atoms with Crippen LogP contribution in [0, 0.1) is 5.41 Å². The van der Waals surface area contributed by atoms with Gasteiger partial charge in [-0.25, -0.2) is 0 Å². The minimum atomic E-state index is -0.760. The maximum Gasteiger partial charge on any atom is 0.254 e. The van der Waals surface area contributed by atoms with E-state index in [1.807, 2.05) is 20.8 Å². The average molecular weight is 271 g/mol. The van der Waals surface area contributed by atoms with Crippen molar-refractivity contribution < 1.29 is 14.7 Å². The van der Waals surface area contributed by atoms with Crippen molar-refractivity contribution in [1.29, 1.82) is 0 Å². The molecule has 1 rings (SSSR count). The number of amides is 1. The van der Waals surface area contributed by atoms with Crippen LogP contribution in [-0.4, -0.2) is 47.7 Å². The summed E-state index contributed by atoms with van der Waals surface area (Å²) in [7, 11) is 1.56. The molecule has 0 aliphatic carbocycles. The van der Waals surface area contributed by atoms with E-state index in [1.165, 1.54) is 0 Å². The highest BCUT2D eigenvalue weighted by Gasteiger charge is 2.40. The zero-order chi connectivity index (χ0) is 14.7. The molecule has 110 valence electrons. The highest BCUT2D eigenvalue weighted by molar-refractivity contribution is 5.87. The van der Waals surface area contributed by atoms with Gasteiger partial charge in [-0.2, -0.15) is 0 Å². The van der Waals surface area contributed by atoms with Crippen molar-refractivity contribution in [3.05, 3.63) is 0 Å². The Morgan fingerprint density at radius 1 is 1.53 bits per heavy atom. The molecule has 0 aromatic rings. The zero-order valence-electron chi connectivity index (χ0n) is 12.3. The number of oxime groups is 1. The van der Waals surface area contributed by atoms with E-state index in [0.717, 1.165) is 0 Å². The van der Waals surface area contributed by atoms with Gasteiger partial charge in [0.2, 0.25) is 0 Å². The second-order valence-electron chi connectivity index (χ2n) is 5.63. The van der Waals surface area contributed by atoms with Crippen molar-refractivity contribution in [2.24, 2.45) is 16.3 Å². The molecule has 3 N–H and O–H groups in total. The van der Waals surface area contributed by atoms with Gasteiger partial charge < -0.3 is 20.6 Å². The van der Waals surface area contributed by atoms with Gasteiger partial charge in [0.25, 0.3) is 5.91 Å². The first-order valence-electron chi connectivity index (χ1n) is 6.65. The maximum absolute atomic E-state index is 12.4. The van der Waals surface area contributed by atoms with Gasteiger partial charge in [0, 0.05) is 25.6 Å². The Labute approximate surface area is 114 Å². The summed E-state index contributed by atoms with van der Waals surface area (Å²) in [6.45, 7) is 6.91. The standard InChI is InChI=1S/C13H25N3O3/c1-5-13(3,19-4)11(17)16-8-6-12(2,7-9-16)10(14)15-18/h18H,5-9H2,1-4H3,(H2,14,15). The van der Waals surface area contributed by atoms with Crippen molar-refractivity contribution in [3.63, 3.8) is 0 Å². The molecule has 1 aliphatic heterocycles. The zero-order valence-corrected chi connectivity index (χ0v) is 12.3. The Balaban J connectivity index is 2.72. The molecule has 6 nitrogen and oxygen atoms in total. The van der Waals surface area contributed by atoms with Crippen LogP contribution >= 0.6 is 0 Å². The quantitative estimate of drug-likeness (QED) is 0.348. The molecule has 1 heterocycles. The third-order valence-corrected chi connectivity index (χ3v) is 4.46. The van der Waals surface area contributed by atoms with Gasteiger partial charge in [0.1, 0.15) is 11.4 Å². The lowest BCUT2D eigenvalue weighted by atomic mass is 9.79. The van der Waals surface area contributed by atoms with Gasteiger partial charge >= 0.3 is 0 Å². The molecule has 0 spiro atoms. The fourth-order valence-corrected chi connectivity index (χ4v) is 2.30. The Kier molecular flexibility index (Phi) is 4.79. The maximum atomic E-state index is 12.4. The number of methoxy groups -OCH3 is 1. The molecule has 1 unspecified atom stereocenters. The lowest BCUT2D eigenvalue weighted by Crippen LogP contribution is -2.53. The predicted molar refractivity (Wildman–Crippen MR) is 73.0 cm³/mol. The summed E-state index contributed by atoms with van der Waals surface area (Å²) in [5.74, 6) is 0.253. The first-order valence-corrected chi connectivity index (χ1v) is 6.65. The first kappa shape index (κ1) is 15.8. The molecular weight excluding hydrogens is 246 g/mol. The minimum Gasteiger partial charge on any atom is -0.409 e. The summed E-state index contributed by atoms with van der Waals surface area (Å²) >= 11 is 0. The smallest absolute Gasteiger partial charge is 0.254 e. The van der Waals surface area contributed by atoms with Crippen LogP contribution < -0.4 is 5.73 Å². The molecule has 1 saturated heterocycles. The largest absolute Gasteiger partial charge is 0.409 e. The molecule has 1 atom stereocenters. The summed E-state index contributed by atoms with van der Waals surface area (Å²) in [6.07, 6.45) is 2.02. The van der Waals surface area contributed by atoms with E-state index in [9.17, 15) is 4.79 Å². The van der Waals surface area contributed by atoms with E-state index >= 15 is 0 Å². The van der Waals surface area contributed by atoms with Crippen molar-refractivity contribution in [3.8, 4) is 0 Å². The Hall–Kier alpha value is -1.30. The summed E-state index contributed by atoms with van der Waals surface area (Å²) in [5.41, 5.74) is 4.62. The van der Waals surface area contributed by atoms with Crippen LogP contribution in [0.5, 0.6) is 0 Å². The molecule has 0 radical (unpaired) electrons. The van der Waals surface area contributed by atoms with Crippen molar-refractivity contribution in [1.82, 2.24) is 4.90 Å². The number of hydrogen-bond donors (Lipinski definition) is 2. The second kappa shape index (κ2) is 5.77. The van der Waals surface area contributed by atoms with Gasteiger partial charge in [0.15, 0.2) is 0 Å². The minimum absolute atomic E-state index is 0.0130. The average Bonchev–Trinajstić information content (AvgIpc) is 2.45. The number of rotatable bonds is 4. The lowest BCUT2D eigenvalue weighted by molar-refractivity contribution is -0.155. The van der Waals surface area contributed by atoms with Crippen LogP contribution in [0.1, 0.15) is 40.0 Å². The van der Waals surface area contributed by atoms with E-state index in [0.29, 0.717) is 32.4 Å². The summed E-state index contributed by atoms with van der Waals surface area (Å²) in [5, 5.41) is 11.9. The Morgan fingerprint density at radius 2 is 2.05 bits per heavy atom. The van der Waals surface area contributed by atoms with Gasteiger partial charge in [-0.05, 0) is 26.2 Å². The molecule has 0 aromatic carbocycles. The predicted octanol–water partition coefficient (Wildman–Crippen LogP) is 1.18. The van der Waals surface area contributed by atoms with E-state index in [1.54, 1.807) is 12.0 Å². The molecule has 19 heavy (non-hydrogen) atoms. The number of likely N-dealkylation sites (tertiary alicyclic amines) is 1. The summed E-state index contributed by atoms with van der Waals surface area (Å²) < 4.78 is 5.34. The van der Waals surface area contributed by atoms with Crippen LogP contribution in [0.15, 0.2) is 5.16 Å². The number of piperidine rings is 1. The van der Waals surface area contributed by atoms with Crippen LogP contribution in [0.2, 0.25) is 0 Å². The molecule has 0 saturated carbocycles. The van der Waals surface area contributed by atoms with Crippen LogP contribution in [0.3, 0.4) is 0 Å². The van der Waals surface area contributed by atoms with Crippen LogP contribution in [0.4, 0.5) is 0 Å². The number of nitrogens with two attached hydrogens (primary N) is 1. The highest BCUT2D eigenvalue weighted by atomic mass is 16.5. The number of hydrogen-bond acceptors (Lipinski definition) is 4. The van der Waals surface area contributed by atoms with Gasteiger partial charge in [-0.3, -0.25) is 4.79 Å². The second-order valence-corrected chi connectivity index (χ2v) is 5.63. The fraction of sp³-hybridized carbons (Fsp3) is 0.846. The molecule has 0 bridgehead atoms. The van der Waals surface area contributed by atoms with Crippen molar-refractivity contribution >= 4 is 11.7 Å². The van der Waals surface area contributed by atoms with Crippen molar-refractivity contribution in [2.45, 2.75) is 45.6 Å². The monoisotopic (exact) mass is 271 g/mol. The molecule has 0 aromatic heterocycles. The van der Waals surface area contributed by atoms with E-state index in [-0.39, 0.29) is 17.2 Å². The highest BCUT2D eigenvalue weighted by Crippen LogP contribution is 2.32. The summed E-state index contributed by atoms with van der Waals surface area (Å²) in [6, 6.07) is 0. The fourth-order valence-electron chi connectivity index (χ4n) is 2.30. The van der Waals surface area contributed by atoms with Gasteiger partial charge in [0.05, 0.1) is 0 Å². The third-order valence-electron chi connectivity index (χ3n) is 4.46. The lowest BCUT2D eigenvalue weighted by Gasteiger charge is -2.41. The number of amidine groups is 1. The van der Waals surface area contributed by atoms with Gasteiger partial charge in [-0.1, -0.05) is 19.0 Å². The molecular formula is C13H25N3O3. The van der Waals surface area contributed by atoms with Crippen LogP contribution in [0.25, 0.3) is 0 Å². The Morgan fingerprint density at radius 3 is 2.42 bits per heavy atom. The third kappa shape index (κ3) is 3.00. The normalized spacial score (nSPS) is 22.9. The molecule has 1 fully saturated rings. The van der Waals surface area contributed by atoms with Gasteiger partial charge in [-0.15, -0.1) is 0 Å². The number of nitrogens with zero attached hydrogens (tertiary/aromatic N) is 2. The first-order chi connectivity index (χ1) is 8.83. The van der Waals surface area contributed by atoms with E-state index in [4.69, 9.17) is 15.7 Å². The SMILES string of the molecule is CCC(C)(OC)C(=O)N1CCC(C)(C(N)=NO)CC1. The van der Waals surface area contributed by atoms with Crippen LogP contribution in [-0.2, 0) is 9.53 Å². The molecule has 1 aliphatic rings. The number of ether oxygens (including phenoxy) is 1. The molecule has 6 heteroatoms. The topological polar surface area (TPSA) is 88.2 Å². The molecule has 1 amide bonds.